The molecule has 1 unspecified atom stereocenters. The van der Waals surface area contributed by atoms with Crippen LogP contribution in [0.2, 0.25) is 0 Å². The molecule has 18 heavy (non-hydrogen) atoms. The molecule has 100 valence electrons. The highest BCUT2D eigenvalue weighted by molar-refractivity contribution is 5.81. The maximum absolute atomic E-state index is 12.3. The highest BCUT2D eigenvalue weighted by atomic mass is 19.4. The molecule has 1 rings (SSSR count). The van der Waals surface area contributed by atoms with Crippen LogP contribution in [0.15, 0.2) is 24.3 Å². The molecule has 0 spiro atoms. The molecule has 2 N–H and O–H groups in total. The number of alkyl halides is 3. The summed E-state index contributed by atoms with van der Waals surface area (Å²) in [6.45, 7) is 1.91. The maximum atomic E-state index is 12.3. The maximum Gasteiger partial charge on any atom is 0.416 e. The Bertz CT molecular complexity index is 401. The Labute approximate surface area is 103 Å². The minimum atomic E-state index is -4.33. The van der Waals surface area contributed by atoms with Crippen LogP contribution in [0.3, 0.4) is 0 Å². The number of benzene rings is 1. The lowest BCUT2D eigenvalue weighted by Crippen LogP contribution is -2.39. The molecule has 0 saturated heterocycles. The summed E-state index contributed by atoms with van der Waals surface area (Å²) in [5.41, 5.74) is -0.0687. The fourth-order valence-electron chi connectivity index (χ4n) is 1.28. The van der Waals surface area contributed by atoms with Gasteiger partial charge in [-0.3, -0.25) is 4.79 Å². The van der Waals surface area contributed by atoms with E-state index in [0.29, 0.717) is 5.56 Å². The van der Waals surface area contributed by atoms with Gasteiger partial charge in [0.1, 0.15) is 0 Å². The van der Waals surface area contributed by atoms with Gasteiger partial charge in [-0.05, 0) is 31.7 Å². The largest absolute Gasteiger partial charge is 0.416 e. The van der Waals surface area contributed by atoms with E-state index in [2.05, 4.69) is 10.6 Å². The zero-order chi connectivity index (χ0) is 13.8. The van der Waals surface area contributed by atoms with Crippen LogP contribution in [-0.4, -0.2) is 19.0 Å². The van der Waals surface area contributed by atoms with E-state index in [9.17, 15) is 18.0 Å². The third-order valence-electron chi connectivity index (χ3n) is 2.57. The van der Waals surface area contributed by atoms with E-state index in [1.54, 1.807) is 14.0 Å². The number of hydrogen-bond acceptors (Lipinski definition) is 2. The van der Waals surface area contributed by atoms with E-state index in [-0.39, 0.29) is 18.5 Å². The van der Waals surface area contributed by atoms with Gasteiger partial charge in [0.25, 0.3) is 0 Å². The van der Waals surface area contributed by atoms with E-state index in [1.165, 1.54) is 12.1 Å². The SMILES string of the molecule is CNC(C)C(=O)NCc1ccc(C(F)(F)F)cc1. The van der Waals surface area contributed by atoms with Gasteiger partial charge in [-0.2, -0.15) is 13.2 Å². The van der Waals surface area contributed by atoms with Crippen molar-refractivity contribution in [3.63, 3.8) is 0 Å². The third-order valence-corrected chi connectivity index (χ3v) is 2.57. The summed E-state index contributed by atoms with van der Waals surface area (Å²) in [5.74, 6) is -0.197. The van der Waals surface area contributed by atoms with Crippen molar-refractivity contribution in [2.75, 3.05) is 7.05 Å². The van der Waals surface area contributed by atoms with Crippen LogP contribution in [0.25, 0.3) is 0 Å². The smallest absolute Gasteiger partial charge is 0.351 e. The second-order valence-corrected chi connectivity index (χ2v) is 3.92. The van der Waals surface area contributed by atoms with Crippen molar-refractivity contribution in [2.45, 2.75) is 25.7 Å². The Hall–Kier alpha value is -1.56. The summed E-state index contributed by atoms with van der Waals surface area (Å²) >= 11 is 0. The lowest BCUT2D eigenvalue weighted by molar-refractivity contribution is -0.137. The van der Waals surface area contributed by atoms with Crippen LogP contribution >= 0.6 is 0 Å². The second kappa shape index (κ2) is 5.86. The molecule has 0 radical (unpaired) electrons. The van der Waals surface area contributed by atoms with E-state index >= 15 is 0 Å². The van der Waals surface area contributed by atoms with Crippen LogP contribution in [0.4, 0.5) is 13.2 Å². The summed E-state index contributed by atoms with van der Waals surface area (Å²) in [6.07, 6.45) is -4.33. The van der Waals surface area contributed by atoms with Gasteiger partial charge in [0.05, 0.1) is 11.6 Å². The zero-order valence-corrected chi connectivity index (χ0v) is 10.1. The van der Waals surface area contributed by atoms with Crippen LogP contribution in [0, 0.1) is 0 Å². The molecule has 0 aliphatic heterocycles. The van der Waals surface area contributed by atoms with Crippen LogP contribution in [-0.2, 0) is 17.5 Å². The molecular weight excluding hydrogens is 245 g/mol. The number of rotatable bonds is 4. The second-order valence-electron chi connectivity index (χ2n) is 3.92. The average Bonchev–Trinajstić information content (AvgIpc) is 2.34. The Balaban J connectivity index is 2.57. The van der Waals surface area contributed by atoms with E-state index < -0.39 is 11.7 Å². The first-order valence-corrected chi connectivity index (χ1v) is 5.45. The number of hydrogen-bond donors (Lipinski definition) is 2. The molecule has 1 aromatic carbocycles. The molecule has 1 aromatic rings. The zero-order valence-electron chi connectivity index (χ0n) is 10.1. The molecule has 0 aliphatic carbocycles. The van der Waals surface area contributed by atoms with Crippen molar-refractivity contribution in [3.8, 4) is 0 Å². The molecule has 0 aliphatic rings. The highest BCUT2D eigenvalue weighted by Crippen LogP contribution is 2.28. The first-order chi connectivity index (χ1) is 8.34. The highest BCUT2D eigenvalue weighted by Gasteiger charge is 2.29. The van der Waals surface area contributed by atoms with Crippen molar-refractivity contribution in [1.29, 1.82) is 0 Å². The number of nitrogens with one attached hydrogen (secondary N) is 2. The van der Waals surface area contributed by atoms with Crippen molar-refractivity contribution in [2.24, 2.45) is 0 Å². The summed E-state index contributed by atoms with van der Waals surface area (Å²) in [5, 5.41) is 5.39. The van der Waals surface area contributed by atoms with Crippen molar-refractivity contribution >= 4 is 5.91 Å². The van der Waals surface area contributed by atoms with Gasteiger partial charge in [-0.25, -0.2) is 0 Å². The molecule has 3 nitrogen and oxygen atoms in total. The summed E-state index contributed by atoms with van der Waals surface area (Å²) < 4.78 is 36.9. The predicted molar refractivity (Wildman–Crippen MR) is 61.8 cm³/mol. The monoisotopic (exact) mass is 260 g/mol. The average molecular weight is 260 g/mol. The Kier molecular flexibility index (Phi) is 4.72. The van der Waals surface area contributed by atoms with Crippen molar-refractivity contribution in [1.82, 2.24) is 10.6 Å². The van der Waals surface area contributed by atoms with Gasteiger partial charge in [0, 0.05) is 6.54 Å². The number of carbonyl (C=O) groups excluding carboxylic acids is 1. The van der Waals surface area contributed by atoms with Gasteiger partial charge in [-0.15, -0.1) is 0 Å². The fraction of sp³-hybridized carbons (Fsp3) is 0.417. The number of likely N-dealkylation sites (N-methyl/N-ethyl adjacent to an activating group) is 1. The van der Waals surface area contributed by atoms with E-state index in [0.717, 1.165) is 12.1 Å². The van der Waals surface area contributed by atoms with Gasteiger partial charge in [0.2, 0.25) is 5.91 Å². The topological polar surface area (TPSA) is 41.1 Å². The van der Waals surface area contributed by atoms with E-state index in [1.807, 2.05) is 0 Å². The normalized spacial score (nSPS) is 13.2. The summed E-state index contributed by atoms with van der Waals surface area (Å²) in [7, 11) is 1.66. The van der Waals surface area contributed by atoms with Gasteiger partial charge < -0.3 is 10.6 Å². The number of amides is 1. The first-order valence-electron chi connectivity index (χ1n) is 5.45. The fourth-order valence-corrected chi connectivity index (χ4v) is 1.28. The summed E-state index contributed by atoms with van der Waals surface area (Å²) in [4.78, 5) is 11.4. The Morgan fingerprint density at radius 2 is 1.83 bits per heavy atom. The Morgan fingerprint density at radius 3 is 2.28 bits per heavy atom. The summed E-state index contributed by atoms with van der Waals surface area (Å²) in [6, 6.07) is 4.38. The van der Waals surface area contributed by atoms with Crippen LogP contribution in [0.1, 0.15) is 18.1 Å². The van der Waals surface area contributed by atoms with Crippen LogP contribution < -0.4 is 10.6 Å². The minimum absolute atomic E-state index is 0.197. The molecule has 0 saturated carbocycles. The third kappa shape index (κ3) is 4.03. The lowest BCUT2D eigenvalue weighted by Gasteiger charge is -2.11. The lowest BCUT2D eigenvalue weighted by atomic mass is 10.1. The van der Waals surface area contributed by atoms with Crippen LogP contribution in [0.5, 0.6) is 0 Å². The minimum Gasteiger partial charge on any atom is -0.351 e. The molecule has 1 amide bonds. The molecule has 1 atom stereocenters. The standard InChI is InChI=1S/C12H15F3N2O/c1-8(16-2)11(18)17-7-9-3-5-10(6-4-9)12(13,14)15/h3-6,8,16H,7H2,1-2H3,(H,17,18). The molecule has 0 fully saturated rings. The van der Waals surface area contributed by atoms with Gasteiger partial charge in [0.15, 0.2) is 0 Å². The molecule has 0 bridgehead atoms. The van der Waals surface area contributed by atoms with Crippen molar-refractivity contribution in [3.05, 3.63) is 35.4 Å². The quantitative estimate of drug-likeness (QED) is 0.868. The van der Waals surface area contributed by atoms with Gasteiger partial charge in [-0.1, -0.05) is 12.1 Å². The van der Waals surface area contributed by atoms with Crippen molar-refractivity contribution < 1.29 is 18.0 Å². The first kappa shape index (κ1) is 14.5. The van der Waals surface area contributed by atoms with E-state index in [4.69, 9.17) is 0 Å². The molecule has 0 heterocycles. The predicted octanol–water partition coefficient (Wildman–Crippen LogP) is 1.93. The molecule has 0 aromatic heterocycles. The van der Waals surface area contributed by atoms with Gasteiger partial charge >= 0.3 is 6.18 Å². The number of carbonyl (C=O) groups is 1. The molecule has 6 heteroatoms. The number of halogens is 3. The molecular formula is C12H15F3N2O. The Morgan fingerprint density at radius 1 is 1.28 bits per heavy atom.